The van der Waals surface area contributed by atoms with E-state index in [1.54, 1.807) is 0 Å². The van der Waals surface area contributed by atoms with E-state index in [2.05, 4.69) is 44.6 Å². The van der Waals surface area contributed by atoms with E-state index in [1.807, 2.05) is 12.3 Å². The molecule has 0 amide bonds. The summed E-state index contributed by atoms with van der Waals surface area (Å²) in [6.07, 6.45) is 11.2. The van der Waals surface area contributed by atoms with Gasteiger partial charge in [-0.3, -0.25) is 0 Å². The number of aliphatic hydroxyl groups excluding tert-OH is 1. The van der Waals surface area contributed by atoms with Crippen molar-refractivity contribution in [3.05, 3.63) is 36.7 Å². The quantitative estimate of drug-likeness (QED) is 0.617. The molecule has 1 saturated carbocycles. The van der Waals surface area contributed by atoms with Gasteiger partial charge in [-0.25, -0.2) is 9.97 Å². The second kappa shape index (κ2) is 8.03. The number of hydrogen-bond acceptors (Lipinski definition) is 5. The van der Waals surface area contributed by atoms with Gasteiger partial charge in [0, 0.05) is 53.7 Å². The zero-order chi connectivity index (χ0) is 19.6. The van der Waals surface area contributed by atoms with Crippen LogP contribution < -0.4 is 10.2 Å². The molecule has 0 bridgehead atoms. The first-order valence-electron chi connectivity index (χ1n) is 10.9. The fourth-order valence-corrected chi connectivity index (χ4v) is 4.75. The molecule has 1 aliphatic carbocycles. The minimum Gasteiger partial charge on any atom is -0.393 e. The van der Waals surface area contributed by atoms with Gasteiger partial charge >= 0.3 is 0 Å². The number of benzene rings is 1. The Morgan fingerprint density at radius 1 is 1.03 bits per heavy atom. The zero-order valence-electron chi connectivity index (χ0n) is 16.8. The molecule has 3 N–H and O–H groups in total. The van der Waals surface area contributed by atoms with Crippen LogP contribution >= 0.6 is 0 Å². The Bertz CT molecular complexity index is 970. The third-order valence-electron chi connectivity index (χ3n) is 6.34. The normalized spacial score (nSPS) is 22.7. The highest BCUT2D eigenvalue weighted by atomic mass is 16.3. The van der Waals surface area contributed by atoms with E-state index in [1.165, 1.54) is 30.3 Å². The summed E-state index contributed by atoms with van der Waals surface area (Å²) < 4.78 is 0. The molecular formula is C23H29N5O. The van der Waals surface area contributed by atoms with Crippen molar-refractivity contribution in [2.75, 3.05) is 23.3 Å². The number of fused-ring (bicyclic) bond motifs is 1. The van der Waals surface area contributed by atoms with Gasteiger partial charge in [0.05, 0.1) is 11.8 Å². The molecule has 1 saturated heterocycles. The average Bonchev–Trinajstić information content (AvgIpc) is 3.21. The predicted octanol–water partition coefficient (Wildman–Crippen LogP) is 4.33. The van der Waals surface area contributed by atoms with Crippen molar-refractivity contribution >= 4 is 22.5 Å². The topological polar surface area (TPSA) is 77.1 Å². The number of rotatable bonds is 4. The van der Waals surface area contributed by atoms with Crippen molar-refractivity contribution in [1.29, 1.82) is 0 Å². The summed E-state index contributed by atoms with van der Waals surface area (Å²) in [5.74, 6) is 0.675. The number of nitrogens with zero attached hydrogens (tertiary/aromatic N) is 3. The van der Waals surface area contributed by atoms with Crippen LogP contribution in [0.25, 0.3) is 22.2 Å². The SMILES string of the molecule is OC1CCC(Nc2nccc(-c3c[nH]c4cccc(N5CCCCC5)c34)n2)CC1. The summed E-state index contributed by atoms with van der Waals surface area (Å²) in [5.41, 5.74) is 4.52. The molecule has 5 rings (SSSR count). The third-order valence-corrected chi connectivity index (χ3v) is 6.34. The molecule has 6 heteroatoms. The molecule has 1 aliphatic heterocycles. The number of piperidine rings is 1. The number of aromatic nitrogens is 3. The van der Waals surface area contributed by atoms with Crippen molar-refractivity contribution in [2.45, 2.75) is 57.1 Å². The lowest BCUT2D eigenvalue weighted by molar-refractivity contribution is 0.126. The number of anilines is 2. The summed E-state index contributed by atoms with van der Waals surface area (Å²) in [6.45, 7) is 2.24. The number of H-pyrrole nitrogens is 1. The van der Waals surface area contributed by atoms with E-state index < -0.39 is 0 Å². The Balaban J connectivity index is 1.46. The molecule has 0 unspecified atom stereocenters. The van der Waals surface area contributed by atoms with Crippen LogP contribution in [0.5, 0.6) is 0 Å². The molecule has 6 nitrogen and oxygen atoms in total. The summed E-state index contributed by atoms with van der Waals surface area (Å²) in [6, 6.07) is 8.83. The standard InChI is InChI=1S/C23H29N5O/c29-17-9-7-16(8-10-17)26-23-24-12-11-19(27-23)18-15-25-20-5-4-6-21(22(18)20)28-13-2-1-3-14-28/h4-6,11-12,15-17,25,29H,1-3,7-10,13-14H2,(H,24,26,27). The minimum atomic E-state index is -0.153. The molecule has 3 heterocycles. The molecule has 2 aliphatic rings. The van der Waals surface area contributed by atoms with E-state index in [0.29, 0.717) is 12.0 Å². The first kappa shape index (κ1) is 18.4. The van der Waals surface area contributed by atoms with Gasteiger partial charge in [-0.2, -0.15) is 0 Å². The van der Waals surface area contributed by atoms with Crippen LogP contribution in [0.4, 0.5) is 11.6 Å². The Morgan fingerprint density at radius 2 is 1.86 bits per heavy atom. The van der Waals surface area contributed by atoms with Crippen LogP contribution in [-0.2, 0) is 0 Å². The Hall–Kier alpha value is -2.60. The molecule has 29 heavy (non-hydrogen) atoms. The lowest BCUT2D eigenvalue weighted by atomic mass is 9.93. The molecular weight excluding hydrogens is 362 g/mol. The Labute approximate surface area is 171 Å². The number of hydrogen-bond donors (Lipinski definition) is 3. The Kier molecular flexibility index (Phi) is 5.10. The zero-order valence-corrected chi connectivity index (χ0v) is 16.8. The lowest BCUT2D eigenvalue weighted by Crippen LogP contribution is -2.29. The summed E-state index contributed by atoms with van der Waals surface area (Å²) in [5, 5.41) is 14.5. The number of nitrogens with one attached hydrogen (secondary N) is 2. The maximum Gasteiger partial charge on any atom is 0.223 e. The summed E-state index contributed by atoms with van der Waals surface area (Å²) in [4.78, 5) is 15.2. The van der Waals surface area contributed by atoms with E-state index in [9.17, 15) is 5.11 Å². The first-order valence-corrected chi connectivity index (χ1v) is 10.9. The van der Waals surface area contributed by atoms with Crippen LogP contribution in [0.2, 0.25) is 0 Å². The van der Waals surface area contributed by atoms with Crippen LogP contribution in [0.1, 0.15) is 44.9 Å². The molecule has 0 radical (unpaired) electrons. The van der Waals surface area contributed by atoms with Crippen LogP contribution in [0.15, 0.2) is 36.7 Å². The van der Waals surface area contributed by atoms with E-state index in [0.717, 1.165) is 55.5 Å². The van der Waals surface area contributed by atoms with Crippen molar-refractivity contribution in [2.24, 2.45) is 0 Å². The lowest BCUT2D eigenvalue weighted by Gasteiger charge is -2.29. The minimum absolute atomic E-state index is 0.153. The van der Waals surface area contributed by atoms with E-state index in [-0.39, 0.29) is 6.10 Å². The van der Waals surface area contributed by atoms with Gasteiger partial charge in [0.2, 0.25) is 5.95 Å². The van der Waals surface area contributed by atoms with Crippen LogP contribution in [0, 0.1) is 0 Å². The number of aliphatic hydroxyl groups is 1. The molecule has 0 atom stereocenters. The average molecular weight is 392 g/mol. The van der Waals surface area contributed by atoms with Crippen molar-refractivity contribution < 1.29 is 5.11 Å². The highest BCUT2D eigenvalue weighted by Crippen LogP contribution is 2.36. The van der Waals surface area contributed by atoms with E-state index in [4.69, 9.17) is 4.98 Å². The van der Waals surface area contributed by atoms with E-state index >= 15 is 0 Å². The van der Waals surface area contributed by atoms with Gasteiger partial charge in [0.25, 0.3) is 0 Å². The first-order chi connectivity index (χ1) is 14.3. The maximum atomic E-state index is 9.73. The molecule has 0 spiro atoms. The fraction of sp³-hybridized carbons (Fsp3) is 0.478. The molecule has 2 aromatic heterocycles. The van der Waals surface area contributed by atoms with Gasteiger partial charge < -0.3 is 20.3 Å². The van der Waals surface area contributed by atoms with Crippen molar-refractivity contribution in [3.8, 4) is 11.3 Å². The largest absolute Gasteiger partial charge is 0.393 e. The number of aromatic amines is 1. The second-order valence-corrected chi connectivity index (χ2v) is 8.37. The molecule has 152 valence electrons. The second-order valence-electron chi connectivity index (χ2n) is 8.37. The Morgan fingerprint density at radius 3 is 2.69 bits per heavy atom. The summed E-state index contributed by atoms with van der Waals surface area (Å²) >= 11 is 0. The smallest absolute Gasteiger partial charge is 0.223 e. The van der Waals surface area contributed by atoms with Gasteiger partial charge in [-0.15, -0.1) is 0 Å². The fourth-order valence-electron chi connectivity index (χ4n) is 4.75. The van der Waals surface area contributed by atoms with Crippen LogP contribution in [0.3, 0.4) is 0 Å². The van der Waals surface area contributed by atoms with Gasteiger partial charge in [-0.1, -0.05) is 6.07 Å². The third kappa shape index (κ3) is 3.81. The molecule has 1 aromatic carbocycles. The predicted molar refractivity (Wildman–Crippen MR) is 117 cm³/mol. The van der Waals surface area contributed by atoms with Gasteiger partial charge in [0.1, 0.15) is 0 Å². The monoisotopic (exact) mass is 391 g/mol. The van der Waals surface area contributed by atoms with Crippen LogP contribution in [-0.4, -0.2) is 45.3 Å². The highest BCUT2D eigenvalue weighted by Gasteiger charge is 2.21. The van der Waals surface area contributed by atoms with Gasteiger partial charge in [0.15, 0.2) is 0 Å². The maximum absolute atomic E-state index is 9.73. The van der Waals surface area contributed by atoms with Gasteiger partial charge in [-0.05, 0) is 63.1 Å². The molecule has 3 aromatic rings. The highest BCUT2D eigenvalue weighted by molar-refractivity contribution is 6.03. The molecule has 2 fully saturated rings. The van der Waals surface area contributed by atoms with Crippen molar-refractivity contribution in [3.63, 3.8) is 0 Å². The summed E-state index contributed by atoms with van der Waals surface area (Å²) in [7, 11) is 0. The van der Waals surface area contributed by atoms with Crippen molar-refractivity contribution in [1.82, 2.24) is 15.0 Å².